The fourth-order valence-electron chi connectivity index (χ4n) is 3.84. The number of pyridine rings is 1. The lowest BCUT2D eigenvalue weighted by Crippen LogP contribution is -2.36. The van der Waals surface area contributed by atoms with E-state index in [4.69, 9.17) is 10.5 Å². The van der Waals surface area contributed by atoms with Gasteiger partial charge in [0, 0.05) is 5.92 Å². The second kappa shape index (κ2) is 7.50. The third-order valence-electron chi connectivity index (χ3n) is 5.49. The van der Waals surface area contributed by atoms with Gasteiger partial charge in [-0.15, -0.1) is 10.2 Å². The number of fused-ring (bicyclic) bond motifs is 2. The van der Waals surface area contributed by atoms with Gasteiger partial charge in [-0.05, 0) is 42.5 Å². The molecular formula is C21H25N5O2. The van der Waals surface area contributed by atoms with E-state index in [9.17, 15) is 4.79 Å². The highest BCUT2D eigenvalue weighted by atomic mass is 16.5. The summed E-state index contributed by atoms with van der Waals surface area (Å²) in [4.78, 5) is 11.3. The van der Waals surface area contributed by atoms with Crippen LogP contribution in [-0.2, 0) is 0 Å². The van der Waals surface area contributed by atoms with Gasteiger partial charge in [-0.1, -0.05) is 38.1 Å². The zero-order valence-corrected chi connectivity index (χ0v) is 16.1. The standard InChI is InChI=1S/C21H25N5O2/c1-3-13(2)20-25-24-19-11-8-14(12-26(19)20)28-18-10-9-17(23-21(22)27)15-6-4-5-7-16(15)18/h4-8,11-13,17-18H,3,9-10H2,1-2H3,(H3,22,23,27)/t13-,17-,18+/m0/s1. The van der Waals surface area contributed by atoms with E-state index in [1.165, 1.54) is 0 Å². The van der Waals surface area contributed by atoms with E-state index in [0.717, 1.165) is 47.6 Å². The lowest BCUT2D eigenvalue weighted by atomic mass is 9.85. The number of ether oxygens (including phenoxy) is 1. The SMILES string of the molecule is CC[C@H](C)c1nnc2ccc(O[C@@H]3CC[C@H](NC(N)=O)c4ccccc43)cn12. The van der Waals surface area contributed by atoms with Crippen LogP contribution in [0, 0.1) is 0 Å². The number of urea groups is 1. The summed E-state index contributed by atoms with van der Waals surface area (Å²) in [6, 6.07) is 11.3. The third-order valence-corrected chi connectivity index (χ3v) is 5.49. The van der Waals surface area contributed by atoms with Crippen LogP contribution in [0.3, 0.4) is 0 Å². The van der Waals surface area contributed by atoms with Crippen LogP contribution in [0.1, 0.15) is 68.1 Å². The maximum atomic E-state index is 11.3. The molecule has 1 aliphatic carbocycles. The van der Waals surface area contributed by atoms with Crippen molar-refractivity contribution in [3.8, 4) is 5.75 Å². The maximum absolute atomic E-state index is 11.3. The molecule has 7 heteroatoms. The molecule has 3 aromatic rings. The highest BCUT2D eigenvalue weighted by molar-refractivity contribution is 5.72. The van der Waals surface area contributed by atoms with Gasteiger partial charge in [-0.3, -0.25) is 4.40 Å². The number of aromatic nitrogens is 3. The molecular weight excluding hydrogens is 354 g/mol. The molecule has 0 unspecified atom stereocenters. The first kappa shape index (κ1) is 18.3. The van der Waals surface area contributed by atoms with Gasteiger partial charge in [0.05, 0.1) is 12.2 Å². The molecule has 28 heavy (non-hydrogen) atoms. The molecule has 4 rings (SSSR count). The number of nitrogens with one attached hydrogen (secondary N) is 1. The second-order valence-corrected chi connectivity index (χ2v) is 7.33. The van der Waals surface area contributed by atoms with Gasteiger partial charge >= 0.3 is 6.03 Å². The van der Waals surface area contributed by atoms with Crippen molar-refractivity contribution < 1.29 is 9.53 Å². The largest absolute Gasteiger partial charge is 0.484 e. The van der Waals surface area contributed by atoms with Gasteiger partial charge < -0.3 is 15.8 Å². The average Bonchev–Trinajstić information content (AvgIpc) is 3.12. The summed E-state index contributed by atoms with van der Waals surface area (Å²) in [6.07, 6.45) is 4.45. The first-order chi connectivity index (χ1) is 13.6. The highest BCUT2D eigenvalue weighted by Crippen LogP contribution is 2.38. The summed E-state index contributed by atoms with van der Waals surface area (Å²) in [7, 11) is 0. The zero-order valence-electron chi connectivity index (χ0n) is 16.1. The smallest absolute Gasteiger partial charge is 0.312 e. The zero-order chi connectivity index (χ0) is 19.7. The monoisotopic (exact) mass is 379 g/mol. The van der Waals surface area contributed by atoms with Crippen LogP contribution >= 0.6 is 0 Å². The molecule has 2 heterocycles. The first-order valence-corrected chi connectivity index (χ1v) is 9.73. The Morgan fingerprint density at radius 1 is 1.25 bits per heavy atom. The van der Waals surface area contributed by atoms with Crippen LogP contribution < -0.4 is 15.8 Å². The van der Waals surface area contributed by atoms with Crippen LogP contribution in [0.4, 0.5) is 4.79 Å². The van der Waals surface area contributed by atoms with Crippen LogP contribution in [0.25, 0.3) is 5.65 Å². The molecule has 0 saturated carbocycles. The number of nitrogens with two attached hydrogens (primary N) is 1. The summed E-state index contributed by atoms with van der Waals surface area (Å²) in [5, 5.41) is 11.4. The minimum Gasteiger partial charge on any atom is -0.484 e. The lowest BCUT2D eigenvalue weighted by Gasteiger charge is -2.32. The minimum absolute atomic E-state index is 0.0779. The topological polar surface area (TPSA) is 94.5 Å². The lowest BCUT2D eigenvalue weighted by molar-refractivity contribution is 0.171. The molecule has 0 bridgehead atoms. The van der Waals surface area contributed by atoms with Gasteiger partial charge in [0.1, 0.15) is 17.7 Å². The first-order valence-electron chi connectivity index (χ1n) is 9.73. The van der Waals surface area contributed by atoms with Crippen molar-refractivity contribution in [2.24, 2.45) is 5.73 Å². The summed E-state index contributed by atoms with van der Waals surface area (Å²) in [6.45, 7) is 4.29. The van der Waals surface area contributed by atoms with Gasteiger partial charge in [0.2, 0.25) is 0 Å². The fraction of sp³-hybridized carbons (Fsp3) is 0.381. The third kappa shape index (κ3) is 3.40. The number of rotatable bonds is 5. The molecule has 2 amide bonds. The molecule has 3 N–H and O–H groups in total. The van der Waals surface area contributed by atoms with E-state index in [2.05, 4.69) is 35.4 Å². The number of hydrogen-bond donors (Lipinski definition) is 2. The van der Waals surface area contributed by atoms with Crippen molar-refractivity contribution in [1.29, 1.82) is 0 Å². The number of nitrogens with zero attached hydrogens (tertiary/aromatic N) is 3. The Hall–Kier alpha value is -3.09. The molecule has 1 aliphatic rings. The van der Waals surface area contributed by atoms with Crippen molar-refractivity contribution >= 4 is 11.7 Å². The quantitative estimate of drug-likeness (QED) is 0.704. The number of carbonyl (C=O) groups excluding carboxylic acids is 1. The van der Waals surface area contributed by atoms with Crippen molar-refractivity contribution in [2.75, 3.05) is 0 Å². The fourth-order valence-corrected chi connectivity index (χ4v) is 3.84. The summed E-state index contributed by atoms with van der Waals surface area (Å²) in [5.74, 6) is 2.04. The molecule has 0 aliphatic heterocycles. The summed E-state index contributed by atoms with van der Waals surface area (Å²) in [5.41, 5.74) is 8.29. The Morgan fingerprint density at radius 3 is 2.79 bits per heavy atom. The van der Waals surface area contributed by atoms with Crippen LogP contribution in [0.2, 0.25) is 0 Å². The van der Waals surface area contributed by atoms with Crippen molar-refractivity contribution in [1.82, 2.24) is 19.9 Å². The second-order valence-electron chi connectivity index (χ2n) is 7.33. The molecule has 0 fully saturated rings. The summed E-state index contributed by atoms with van der Waals surface area (Å²) >= 11 is 0. The van der Waals surface area contributed by atoms with Crippen LogP contribution in [0.15, 0.2) is 42.6 Å². The van der Waals surface area contributed by atoms with E-state index in [1.807, 2.05) is 40.9 Å². The molecule has 1 aromatic carbocycles. The van der Waals surface area contributed by atoms with E-state index in [0.29, 0.717) is 5.92 Å². The Labute approximate surface area is 163 Å². The van der Waals surface area contributed by atoms with Gasteiger partial charge in [-0.25, -0.2) is 4.79 Å². The van der Waals surface area contributed by atoms with Crippen molar-refractivity contribution in [2.45, 2.75) is 51.2 Å². The molecule has 0 saturated heterocycles. The number of benzene rings is 1. The van der Waals surface area contributed by atoms with Crippen LogP contribution in [-0.4, -0.2) is 20.6 Å². The average molecular weight is 379 g/mol. The number of primary amides is 1. The Morgan fingerprint density at radius 2 is 2.04 bits per heavy atom. The Balaban J connectivity index is 1.63. The number of carbonyl (C=O) groups is 1. The van der Waals surface area contributed by atoms with E-state index < -0.39 is 6.03 Å². The van der Waals surface area contributed by atoms with Crippen molar-refractivity contribution in [3.05, 3.63) is 59.5 Å². The molecule has 2 aromatic heterocycles. The molecule has 0 spiro atoms. The number of amides is 2. The van der Waals surface area contributed by atoms with Gasteiger partial charge in [-0.2, -0.15) is 0 Å². The Bertz CT molecular complexity index is 999. The van der Waals surface area contributed by atoms with E-state index >= 15 is 0 Å². The summed E-state index contributed by atoms with van der Waals surface area (Å²) < 4.78 is 8.37. The normalized spacial score (nSPS) is 19.8. The van der Waals surface area contributed by atoms with Crippen molar-refractivity contribution in [3.63, 3.8) is 0 Å². The molecule has 0 radical (unpaired) electrons. The minimum atomic E-state index is -0.505. The number of hydrogen-bond acceptors (Lipinski definition) is 4. The molecule has 7 nitrogen and oxygen atoms in total. The van der Waals surface area contributed by atoms with Gasteiger partial charge in [0.25, 0.3) is 0 Å². The molecule has 3 atom stereocenters. The predicted octanol–water partition coefficient (Wildman–Crippen LogP) is 3.87. The predicted molar refractivity (Wildman–Crippen MR) is 106 cm³/mol. The molecule has 146 valence electrons. The maximum Gasteiger partial charge on any atom is 0.312 e. The van der Waals surface area contributed by atoms with E-state index in [1.54, 1.807) is 0 Å². The Kier molecular flexibility index (Phi) is 4.90. The van der Waals surface area contributed by atoms with Crippen LogP contribution in [0.5, 0.6) is 5.75 Å². The highest BCUT2D eigenvalue weighted by Gasteiger charge is 2.29. The van der Waals surface area contributed by atoms with E-state index in [-0.39, 0.29) is 12.1 Å². The van der Waals surface area contributed by atoms with Gasteiger partial charge in [0.15, 0.2) is 5.65 Å².